The van der Waals surface area contributed by atoms with Gasteiger partial charge >= 0.3 is 0 Å². The topological polar surface area (TPSA) is 66.4 Å². The van der Waals surface area contributed by atoms with Crippen LogP contribution in [0.2, 0.25) is 5.02 Å². The summed E-state index contributed by atoms with van der Waals surface area (Å²) < 4.78 is 27.8. The van der Waals surface area contributed by atoms with Gasteiger partial charge in [0.05, 0.1) is 4.90 Å². The molecule has 0 spiro atoms. The lowest BCUT2D eigenvalue weighted by Crippen LogP contribution is -2.44. The van der Waals surface area contributed by atoms with Crippen molar-refractivity contribution in [3.8, 4) is 0 Å². The first kappa shape index (κ1) is 17.8. The first-order chi connectivity index (χ1) is 11.3. The maximum absolute atomic E-state index is 12.6. The van der Waals surface area contributed by atoms with Gasteiger partial charge in [0.1, 0.15) is 5.60 Å². The van der Waals surface area contributed by atoms with Gasteiger partial charge in [-0.15, -0.1) is 0 Å². The number of sulfonamides is 1. The molecule has 2 aromatic rings. The average molecular weight is 384 g/mol. The second-order valence-electron chi connectivity index (χ2n) is 5.87. The first-order valence-corrected chi connectivity index (χ1v) is 10.5. The SMILES string of the molecule is Cc1c(Cl)cccc1S(=O)(=O)NCC1(O)CSCc2ccccc21. The van der Waals surface area contributed by atoms with Crippen LogP contribution in [0.5, 0.6) is 0 Å². The molecule has 0 aromatic heterocycles. The highest BCUT2D eigenvalue weighted by atomic mass is 35.5. The summed E-state index contributed by atoms with van der Waals surface area (Å²) in [4.78, 5) is 0.135. The Hall–Kier alpha value is -1.05. The normalized spacial score (nSPS) is 20.6. The molecule has 1 atom stereocenters. The first-order valence-electron chi connectivity index (χ1n) is 7.47. The van der Waals surface area contributed by atoms with E-state index in [9.17, 15) is 13.5 Å². The van der Waals surface area contributed by atoms with Gasteiger partial charge in [-0.2, -0.15) is 11.8 Å². The number of halogens is 1. The standard InChI is InChI=1S/C17H18ClNO3S2/c1-12-15(18)7-4-8-16(12)24(21,22)19-10-17(20)11-23-9-13-5-2-3-6-14(13)17/h2-8,19-20H,9-11H2,1H3. The van der Waals surface area contributed by atoms with Crippen molar-refractivity contribution in [2.45, 2.75) is 23.2 Å². The lowest BCUT2D eigenvalue weighted by atomic mass is 9.91. The molecule has 1 aliphatic heterocycles. The molecule has 24 heavy (non-hydrogen) atoms. The summed E-state index contributed by atoms with van der Waals surface area (Å²) in [5.41, 5.74) is 1.10. The number of aliphatic hydroxyl groups is 1. The van der Waals surface area contributed by atoms with E-state index < -0.39 is 15.6 Å². The zero-order valence-corrected chi connectivity index (χ0v) is 15.5. The Bertz CT molecular complexity index is 870. The van der Waals surface area contributed by atoms with E-state index in [1.54, 1.807) is 30.8 Å². The van der Waals surface area contributed by atoms with Crippen LogP contribution in [0.25, 0.3) is 0 Å². The molecule has 0 radical (unpaired) electrons. The van der Waals surface area contributed by atoms with Crippen molar-refractivity contribution in [3.05, 3.63) is 64.2 Å². The lowest BCUT2D eigenvalue weighted by molar-refractivity contribution is 0.0659. The third kappa shape index (κ3) is 3.34. The van der Waals surface area contributed by atoms with Gasteiger partial charge in [0.2, 0.25) is 10.0 Å². The molecule has 0 saturated carbocycles. The van der Waals surface area contributed by atoms with Gasteiger partial charge in [-0.1, -0.05) is 41.9 Å². The summed E-state index contributed by atoms with van der Waals surface area (Å²) in [6.07, 6.45) is 0. The Morgan fingerprint density at radius 3 is 2.79 bits per heavy atom. The molecular formula is C17H18ClNO3S2. The smallest absolute Gasteiger partial charge is 0.240 e. The molecule has 1 aliphatic rings. The van der Waals surface area contributed by atoms with Crippen LogP contribution in [0.1, 0.15) is 16.7 Å². The summed E-state index contributed by atoms with van der Waals surface area (Å²) in [7, 11) is -3.76. The van der Waals surface area contributed by atoms with Gasteiger partial charge in [-0.3, -0.25) is 0 Å². The molecule has 0 saturated heterocycles. The van der Waals surface area contributed by atoms with Gasteiger partial charge in [-0.05, 0) is 35.7 Å². The number of fused-ring (bicyclic) bond motifs is 1. The fraction of sp³-hybridized carbons (Fsp3) is 0.294. The van der Waals surface area contributed by atoms with E-state index in [0.717, 1.165) is 16.9 Å². The molecule has 7 heteroatoms. The Morgan fingerprint density at radius 1 is 1.25 bits per heavy atom. The molecule has 2 aromatic carbocycles. The Morgan fingerprint density at radius 2 is 2.00 bits per heavy atom. The van der Waals surface area contributed by atoms with E-state index in [-0.39, 0.29) is 11.4 Å². The monoisotopic (exact) mass is 383 g/mol. The summed E-state index contributed by atoms with van der Waals surface area (Å²) in [5.74, 6) is 1.26. The van der Waals surface area contributed by atoms with Gasteiger partial charge in [0, 0.05) is 23.1 Å². The third-order valence-corrected chi connectivity index (χ3v) is 7.33. The summed E-state index contributed by atoms with van der Waals surface area (Å²) >= 11 is 7.61. The fourth-order valence-electron chi connectivity index (χ4n) is 2.82. The molecule has 2 N–H and O–H groups in total. The Balaban J connectivity index is 1.87. The van der Waals surface area contributed by atoms with E-state index in [1.165, 1.54) is 6.07 Å². The number of hydrogen-bond acceptors (Lipinski definition) is 4. The number of nitrogens with one attached hydrogen (secondary N) is 1. The highest BCUT2D eigenvalue weighted by molar-refractivity contribution is 7.98. The fourth-order valence-corrected chi connectivity index (χ4v) is 5.58. The minimum Gasteiger partial charge on any atom is -0.383 e. The summed E-state index contributed by atoms with van der Waals surface area (Å²) in [6.45, 7) is 1.59. The predicted octanol–water partition coefficient (Wildman–Crippen LogP) is 3.06. The Labute approximate surface area is 151 Å². The second-order valence-corrected chi connectivity index (χ2v) is 9.00. The zero-order valence-electron chi connectivity index (χ0n) is 13.1. The van der Waals surface area contributed by atoms with Gasteiger partial charge in [0.25, 0.3) is 0 Å². The molecule has 1 unspecified atom stereocenters. The van der Waals surface area contributed by atoms with Gasteiger partial charge in [0.15, 0.2) is 0 Å². The molecule has 0 fully saturated rings. The summed E-state index contributed by atoms with van der Waals surface area (Å²) in [6, 6.07) is 12.4. The van der Waals surface area contributed by atoms with Crippen LogP contribution < -0.4 is 4.72 Å². The number of rotatable bonds is 4. The molecule has 0 bridgehead atoms. The van der Waals surface area contributed by atoms with Crippen molar-refractivity contribution in [2.75, 3.05) is 12.3 Å². The van der Waals surface area contributed by atoms with Gasteiger partial charge < -0.3 is 5.11 Å². The molecule has 4 nitrogen and oxygen atoms in total. The average Bonchev–Trinajstić information content (AvgIpc) is 2.56. The zero-order chi connectivity index (χ0) is 17.4. The molecule has 128 valence electrons. The molecule has 0 aliphatic carbocycles. The van der Waals surface area contributed by atoms with E-state index in [1.807, 2.05) is 24.3 Å². The van der Waals surface area contributed by atoms with Crippen LogP contribution >= 0.6 is 23.4 Å². The van der Waals surface area contributed by atoms with Crippen LogP contribution in [-0.2, 0) is 21.4 Å². The highest BCUT2D eigenvalue weighted by Gasteiger charge is 2.36. The highest BCUT2D eigenvalue weighted by Crippen LogP contribution is 2.36. The number of benzene rings is 2. The van der Waals surface area contributed by atoms with Crippen LogP contribution in [0.15, 0.2) is 47.4 Å². The number of hydrogen-bond donors (Lipinski definition) is 2. The van der Waals surface area contributed by atoms with Crippen LogP contribution in [0.4, 0.5) is 0 Å². The second kappa shape index (κ2) is 6.69. The van der Waals surface area contributed by atoms with Crippen LogP contribution in [0, 0.1) is 6.92 Å². The minimum absolute atomic E-state index is 0.0781. The maximum Gasteiger partial charge on any atom is 0.240 e. The van der Waals surface area contributed by atoms with Crippen molar-refractivity contribution in [3.63, 3.8) is 0 Å². The molecule has 0 amide bonds. The van der Waals surface area contributed by atoms with E-state index >= 15 is 0 Å². The van der Waals surface area contributed by atoms with Crippen molar-refractivity contribution < 1.29 is 13.5 Å². The predicted molar refractivity (Wildman–Crippen MR) is 97.9 cm³/mol. The van der Waals surface area contributed by atoms with E-state index in [2.05, 4.69) is 4.72 Å². The van der Waals surface area contributed by atoms with Crippen LogP contribution in [0.3, 0.4) is 0 Å². The Kier molecular flexibility index (Phi) is 4.95. The van der Waals surface area contributed by atoms with Gasteiger partial charge in [-0.25, -0.2) is 13.1 Å². The van der Waals surface area contributed by atoms with Crippen molar-refractivity contribution >= 4 is 33.4 Å². The van der Waals surface area contributed by atoms with E-state index in [4.69, 9.17) is 11.6 Å². The molecular weight excluding hydrogens is 366 g/mol. The third-order valence-electron chi connectivity index (χ3n) is 4.18. The lowest BCUT2D eigenvalue weighted by Gasteiger charge is -2.34. The largest absolute Gasteiger partial charge is 0.383 e. The van der Waals surface area contributed by atoms with Crippen molar-refractivity contribution in [1.82, 2.24) is 4.72 Å². The van der Waals surface area contributed by atoms with Crippen molar-refractivity contribution in [1.29, 1.82) is 0 Å². The molecule has 1 heterocycles. The van der Waals surface area contributed by atoms with Crippen molar-refractivity contribution in [2.24, 2.45) is 0 Å². The number of thioether (sulfide) groups is 1. The summed E-state index contributed by atoms with van der Waals surface area (Å²) in [5, 5.41) is 11.4. The van der Waals surface area contributed by atoms with E-state index in [0.29, 0.717) is 16.3 Å². The maximum atomic E-state index is 12.6. The molecule has 3 rings (SSSR count). The minimum atomic E-state index is -3.76. The quantitative estimate of drug-likeness (QED) is 0.851. The van der Waals surface area contributed by atoms with Crippen LogP contribution in [-0.4, -0.2) is 25.8 Å².